The van der Waals surface area contributed by atoms with Crippen molar-refractivity contribution < 1.29 is 4.79 Å². The second-order valence-electron chi connectivity index (χ2n) is 7.51. The Morgan fingerprint density at radius 2 is 2.03 bits per heavy atom. The van der Waals surface area contributed by atoms with Crippen LogP contribution in [0.25, 0.3) is 6.08 Å². The average molecular weight is 399 g/mol. The third-order valence-electron chi connectivity index (χ3n) is 5.20. The number of pyridine rings is 3. The Kier molecular flexibility index (Phi) is 6.44. The molecule has 30 heavy (non-hydrogen) atoms. The number of piperidine rings is 1. The van der Waals surface area contributed by atoms with Crippen LogP contribution in [-0.4, -0.2) is 38.8 Å². The molecule has 1 amide bonds. The third kappa shape index (κ3) is 5.50. The van der Waals surface area contributed by atoms with Crippen LogP contribution in [0.15, 0.2) is 73.3 Å². The first-order valence-electron chi connectivity index (χ1n) is 10.3. The van der Waals surface area contributed by atoms with Gasteiger partial charge in [-0.2, -0.15) is 0 Å². The van der Waals surface area contributed by atoms with Crippen molar-refractivity contribution in [3.8, 4) is 0 Å². The summed E-state index contributed by atoms with van der Waals surface area (Å²) in [7, 11) is 0. The number of hydrogen-bond acceptors (Lipinski definition) is 5. The molecule has 1 saturated heterocycles. The van der Waals surface area contributed by atoms with E-state index in [1.165, 1.54) is 5.56 Å². The molecule has 0 radical (unpaired) electrons. The summed E-state index contributed by atoms with van der Waals surface area (Å²) in [6.45, 7) is 1.59. The molecule has 1 unspecified atom stereocenters. The molecule has 3 aromatic rings. The van der Waals surface area contributed by atoms with Crippen LogP contribution in [-0.2, 0) is 11.2 Å². The quantitative estimate of drug-likeness (QED) is 0.632. The highest BCUT2D eigenvalue weighted by molar-refractivity contribution is 5.91. The van der Waals surface area contributed by atoms with E-state index < -0.39 is 0 Å². The molecule has 0 bridgehead atoms. The van der Waals surface area contributed by atoms with E-state index in [2.05, 4.69) is 26.3 Å². The van der Waals surface area contributed by atoms with Crippen molar-refractivity contribution in [1.82, 2.24) is 19.9 Å². The summed E-state index contributed by atoms with van der Waals surface area (Å²) in [6.07, 6.45) is 13.6. The van der Waals surface area contributed by atoms with Crippen LogP contribution in [0, 0.1) is 5.92 Å². The lowest BCUT2D eigenvalue weighted by atomic mass is 9.91. The Morgan fingerprint density at radius 1 is 1.10 bits per heavy atom. The third-order valence-corrected chi connectivity index (χ3v) is 5.20. The maximum absolute atomic E-state index is 12.6. The molecule has 3 aromatic heterocycles. The van der Waals surface area contributed by atoms with Crippen LogP contribution in [0.3, 0.4) is 0 Å². The van der Waals surface area contributed by atoms with Crippen LogP contribution in [0.1, 0.15) is 24.0 Å². The number of nitrogens with zero attached hydrogens (tertiary/aromatic N) is 4. The summed E-state index contributed by atoms with van der Waals surface area (Å²) < 4.78 is 0. The second-order valence-corrected chi connectivity index (χ2v) is 7.51. The predicted octanol–water partition coefficient (Wildman–Crippen LogP) is 4.11. The van der Waals surface area contributed by atoms with Crippen LogP contribution in [0.4, 0.5) is 11.6 Å². The predicted molar refractivity (Wildman–Crippen MR) is 118 cm³/mol. The first-order valence-corrected chi connectivity index (χ1v) is 10.3. The number of aromatic nitrogens is 3. The molecule has 0 spiro atoms. The largest absolute Gasteiger partial charge is 0.339 e. The van der Waals surface area contributed by atoms with Crippen molar-refractivity contribution in [3.05, 3.63) is 84.5 Å². The average Bonchev–Trinajstić information content (AvgIpc) is 2.79. The molecule has 1 N–H and O–H groups in total. The molecular formula is C24H25N5O. The minimum atomic E-state index is 0.0655. The topological polar surface area (TPSA) is 71.0 Å². The molecular weight excluding hydrogens is 374 g/mol. The van der Waals surface area contributed by atoms with Crippen LogP contribution >= 0.6 is 0 Å². The lowest BCUT2D eigenvalue weighted by Gasteiger charge is -2.32. The molecule has 0 aliphatic carbocycles. The van der Waals surface area contributed by atoms with Crippen molar-refractivity contribution in [2.24, 2.45) is 5.92 Å². The van der Waals surface area contributed by atoms with E-state index in [0.717, 1.165) is 49.6 Å². The summed E-state index contributed by atoms with van der Waals surface area (Å²) in [6, 6.07) is 13.7. The fraction of sp³-hybridized carbons (Fsp3) is 0.250. The van der Waals surface area contributed by atoms with Gasteiger partial charge in [-0.3, -0.25) is 9.78 Å². The summed E-state index contributed by atoms with van der Waals surface area (Å²) in [5, 5.41) is 3.24. The summed E-state index contributed by atoms with van der Waals surface area (Å²) in [5.74, 6) is 2.07. The molecule has 1 atom stereocenters. The summed E-state index contributed by atoms with van der Waals surface area (Å²) in [5.41, 5.74) is 2.15. The van der Waals surface area contributed by atoms with Crippen molar-refractivity contribution >= 4 is 23.6 Å². The first kappa shape index (κ1) is 19.8. The molecule has 6 nitrogen and oxygen atoms in total. The van der Waals surface area contributed by atoms with Gasteiger partial charge in [0.2, 0.25) is 5.91 Å². The van der Waals surface area contributed by atoms with Gasteiger partial charge in [-0.1, -0.05) is 12.1 Å². The monoisotopic (exact) mass is 399 g/mol. The minimum absolute atomic E-state index is 0.0655. The Morgan fingerprint density at radius 3 is 2.87 bits per heavy atom. The highest BCUT2D eigenvalue weighted by atomic mass is 16.2. The van der Waals surface area contributed by atoms with E-state index in [1.807, 2.05) is 53.6 Å². The number of amides is 1. The number of carbonyl (C=O) groups excluding carboxylic acids is 1. The van der Waals surface area contributed by atoms with Crippen molar-refractivity contribution in [1.29, 1.82) is 0 Å². The zero-order valence-corrected chi connectivity index (χ0v) is 16.8. The second kappa shape index (κ2) is 9.78. The smallest absolute Gasteiger partial charge is 0.246 e. The molecule has 4 rings (SSSR count). The number of rotatable bonds is 6. The fourth-order valence-electron chi connectivity index (χ4n) is 3.75. The van der Waals surface area contributed by atoms with Gasteiger partial charge in [0.25, 0.3) is 0 Å². The number of nitrogens with one attached hydrogen (secondary N) is 1. The highest BCUT2D eigenvalue weighted by Gasteiger charge is 2.22. The molecule has 1 aliphatic rings. The number of carbonyl (C=O) groups is 1. The Labute approximate surface area is 176 Å². The van der Waals surface area contributed by atoms with Gasteiger partial charge in [0.05, 0.1) is 0 Å². The molecule has 0 aromatic carbocycles. The first-order chi connectivity index (χ1) is 14.8. The van der Waals surface area contributed by atoms with Crippen molar-refractivity contribution in [2.75, 3.05) is 18.4 Å². The molecule has 6 heteroatoms. The van der Waals surface area contributed by atoms with Gasteiger partial charge in [0, 0.05) is 44.0 Å². The number of anilines is 2. The molecule has 152 valence electrons. The Bertz CT molecular complexity index is 991. The lowest BCUT2D eigenvalue weighted by molar-refractivity contribution is -0.127. The standard InChI is InChI=1S/C24H25N5O/c30-24(9-8-19-5-3-11-25-17-19)29-14-4-6-21(18-29)15-20-10-13-27-23(16-20)28-22-7-1-2-12-26-22/h1-3,5,7-13,16-17,21H,4,6,14-15,18H2,(H,26,27,28)/b9-8+. The zero-order chi connectivity index (χ0) is 20.6. The van der Waals surface area contributed by atoms with E-state index in [1.54, 1.807) is 24.7 Å². The number of hydrogen-bond donors (Lipinski definition) is 1. The lowest BCUT2D eigenvalue weighted by Crippen LogP contribution is -2.39. The number of likely N-dealkylation sites (tertiary alicyclic amines) is 1. The van der Waals surface area contributed by atoms with Crippen LogP contribution in [0.5, 0.6) is 0 Å². The van der Waals surface area contributed by atoms with Gasteiger partial charge in [0.15, 0.2) is 0 Å². The van der Waals surface area contributed by atoms with Gasteiger partial charge in [-0.15, -0.1) is 0 Å². The summed E-state index contributed by atoms with van der Waals surface area (Å²) in [4.78, 5) is 27.3. The van der Waals surface area contributed by atoms with Crippen molar-refractivity contribution in [2.45, 2.75) is 19.3 Å². The van der Waals surface area contributed by atoms with Gasteiger partial charge in [-0.25, -0.2) is 9.97 Å². The Hall–Kier alpha value is -3.54. The minimum Gasteiger partial charge on any atom is -0.339 e. The van der Waals surface area contributed by atoms with Crippen LogP contribution in [0.2, 0.25) is 0 Å². The maximum Gasteiger partial charge on any atom is 0.246 e. The van der Waals surface area contributed by atoms with E-state index in [-0.39, 0.29) is 5.91 Å². The molecule has 0 saturated carbocycles. The fourth-order valence-corrected chi connectivity index (χ4v) is 3.75. The maximum atomic E-state index is 12.6. The van der Waals surface area contributed by atoms with E-state index in [9.17, 15) is 4.79 Å². The van der Waals surface area contributed by atoms with Gasteiger partial charge >= 0.3 is 0 Å². The van der Waals surface area contributed by atoms with Crippen molar-refractivity contribution in [3.63, 3.8) is 0 Å². The molecule has 4 heterocycles. The van der Waals surface area contributed by atoms with E-state index >= 15 is 0 Å². The normalized spacial score (nSPS) is 16.5. The van der Waals surface area contributed by atoms with Gasteiger partial charge < -0.3 is 10.2 Å². The van der Waals surface area contributed by atoms with E-state index in [4.69, 9.17) is 0 Å². The summed E-state index contributed by atoms with van der Waals surface area (Å²) >= 11 is 0. The molecule has 1 fully saturated rings. The van der Waals surface area contributed by atoms with E-state index in [0.29, 0.717) is 5.92 Å². The molecule has 1 aliphatic heterocycles. The van der Waals surface area contributed by atoms with Gasteiger partial charge in [-0.05, 0) is 72.7 Å². The highest BCUT2D eigenvalue weighted by Crippen LogP contribution is 2.23. The Balaban J connectivity index is 1.35. The van der Waals surface area contributed by atoms with Gasteiger partial charge in [0.1, 0.15) is 11.6 Å². The zero-order valence-electron chi connectivity index (χ0n) is 16.8. The van der Waals surface area contributed by atoms with Crippen LogP contribution < -0.4 is 5.32 Å². The SMILES string of the molecule is O=C(/C=C/c1cccnc1)N1CCCC(Cc2ccnc(Nc3ccccn3)c2)C1.